The molecule has 0 amide bonds. The van der Waals surface area contributed by atoms with E-state index in [-0.39, 0.29) is 30.2 Å². The molecule has 0 aromatic heterocycles. The SMILES string of the molecule is COC(=O)CCSC(CO)CCC(=O)OC. The average Bonchev–Trinajstić information content (AvgIpc) is 2.32. The Kier molecular flexibility index (Phi) is 9.03. The van der Waals surface area contributed by atoms with Gasteiger partial charge in [-0.25, -0.2) is 0 Å². The van der Waals surface area contributed by atoms with Crippen LogP contribution in [-0.2, 0) is 19.1 Å². The van der Waals surface area contributed by atoms with E-state index in [9.17, 15) is 9.59 Å². The molecule has 1 atom stereocenters. The van der Waals surface area contributed by atoms with Crippen LogP contribution in [0.4, 0.5) is 0 Å². The predicted octanol–water partition coefficient (Wildman–Crippen LogP) is 0.597. The number of carbonyl (C=O) groups excluding carboxylic acids is 2. The van der Waals surface area contributed by atoms with Gasteiger partial charge in [0.2, 0.25) is 0 Å². The number of rotatable bonds is 8. The maximum Gasteiger partial charge on any atom is 0.306 e. The molecule has 1 N–H and O–H groups in total. The molecule has 0 fully saturated rings. The zero-order chi connectivity index (χ0) is 12.4. The van der Waals surface area contributed by atoms with E-state index in [1.807, 2.05) is 0 Å². The van der Waals surface area contributed by atoms with E-state index in [0.717, 1.165) is 0 Å². The van der Waals surface area contributed by atoms with Gasteiger partial charge in [0.15, 0.2) is 0 Å². The number of hydrogen-bond donors (Lipinski definition) is 1. The van der Waals surface area contributed by atoms with E-state index >= 15 is 0 Å². The van der Waals surface area contributed by atoms with E-state index < -0.39 is 0 Å². The van der Waals surface area contributed by atoms with Crippen molar-refractivity contribution < 1.29 is 24.2 Å². The molecular formula is C10H18O5S. The average molecular weight is 250 g/mol. The van der Waals surface area contributed by atoms with Gasteiger partial charge in [-0.3, -0.25) is 9.59 Å². The lowest BCUT2D eigenvalue weighted by Crippen LogP contribution is -2.13. The predicted molar refractivity (Wildman–Crippen MR) is 61.2 cm³/mol. The molecular weight excluding hydrogens is 232 g/mol. The van der Waals surface area contributed by atoms with E-state index in [1.165, 1.54) is 26.0 Å². The minimum atomic E-state index is -0.285. The van der Waals surface area contributed by atoms with Gasteiger partial charge in [0.05, 0.1) is 27.2 Å². The molecule has 0 radical (unpaired) electrons. The Morgan fingerprint density at radius 1 is 1.19 bits per heavy atom. The van der Waals surface area contributed by atoms with Crippen LogP contribution in [0.25, 0.3) is 0 Å². The van der Waals surface area contributed by atoms with Crippen molar-refractivity contribution in [2.45, 2.75) is 24.5 Å². The number of thioether (sulfide) groups is 1. The first-order valence-corrected chi connectivity index (χ1v) is 6.05. The molecule has 0 bridgehead atoms. The summed E-state index contributed by atoms with van der Waals surface area (Å²) in [6.45, 7) is -0.0111. The van der Waals surface area contributed by atoms with Crippen LogP contribution < -0.4 is 0 Å². The molecule has 0 aliphatic heterocycles. The monoisotopic (exact) mass is 250 g/mol. The second-order valence-corrected chi connectivity index (χ2v) is 4.52. The zero-order valence-corrected chi connectivity index (χ0v) is 10.4. The van der Waals surface area contributed by atoms with Crippen LogP contribution in [0.15, 0.2) is 0 Å². The summed E-state index contributed by atoms with van der Waals surface area (Å²) in [7, 11) is 2.68. The number of esters is 2. The molecule has 0 rings (SSSR count). The summed E-state index contributed by atoms with van der Waals surface area (Å²) in [6.07, 6.45) is 1.15. The quantitative estimate of drug-likeness (QED) is 0.636. The molecule has 0 aliphatic carbocycles. The van der Waals surface area contributed by atoms with Gasteiger partial charge in [-0.1, -0.05) is 0 Å². The van der Waals surface area contributed by atoms with Crippen LogP contribution in [0.2, 0.25) is 0 Å². The molecule has 94 valence electrons. The summed E-state index contributed by atoms with van der Waals surface area (Å²) in [5, 5.41) is 9.01. The highest BCUT2D eigenvalue weighted by Crippen LogP contribution is 2.17. The van der Waals surface area contributed by atoms with Crippen molar-refractivity contribution >= 4 is 23.7 Å². The number of carbonyl (C=O) groups is 2. The number of aliphatic hydroxyl groups is 1. The fourth-order valence-electron chi connectivity index (χ4n) is 1.02. The number of ether oxygens (including phenoxy) is 2. The largest absolute Gasteiger partial charge is 0.469 e. The lowest BCUT2D eigenvalue weighted by molar-refractivity contribution is -0.141. The highest BCUT2D eigenvalue weighted by atomic mass is 32.2. The normalized spacial score (nSPS) is 11.9. The van der Waals surface area contributed by atoms with Crippen LogP contribution in [0.3, 0.4) is 0 Å². The molecule has 0 spiro atoms. The molecule has 0 aromatic rings. The zero-order valence-electron chi connectivity index (χ0n) is 9.60. The second kappa shape index (κ2) is 9.47. The van der Waals surface area contributed by atoms with Gasteiger partial charge in [-0.15, -0.1) is 0 Å². The van der Waals surface area contributed by atoms with Gasteiger partial charge in [0.25, 0.3) is 0 Å². The minimum Gasteiger partial charge on any atom is -0.469 e. The fraction of sp³-hybridized carbons (Fsp3) is 0.800. The molecule has 0 saturated carbocycles. The maximum atomic E-state index is 10.9. The first kappa shape index (κ1) is 15.2. The van der Waals surface area contributed by atoms with Crippen LogP contribution in [0.5, 0.6) is 0 Å². The number of methoxy groups -OCH3 is 2. The van der Waals surface area contributed by atoms with Crippen molar-refractivity contribution in [1.29, 1.82) is 0 Å². The molecule has 0 heterocycles. The third-order valence-corrected chi connectivity index (χ3v) is 3.29. The highest BCUT2D eigenvalue weighted by molar-refractivity contribution is 7.99. The van der Waals surface area contributed by atoms with Crippen LogP contribution in [-0.4, -0.2) is 48.9 Å². The first-order chi connectivity index (χ1) is 7.63. The molecule has 0 aliphatic rings. The van der Waals surface area contributed by atoms with Crippen molar-refractivity contribution in [3.8, 4) is 0 Å². The van der Waals surface area contributed by atoms with Crippen molar-refractivity contribution in [3.63, 3.8) is 0 Å². The van der Waals surface area contributed by atoms with E-state index in [1.54, 1.807) is 0 Å². The molecule has 6 heteroatoms. The summed E-state index contributed by atoms with van der Waals surface area (Å²) in [6, 6.07) is 0. The molecule has 0 saturated heterocycles. The minimum absolute atomic E-state index is 0.0111. The Bertz CT molecular complexity index is 219. The van der Waals surface area contributed by atoms with Gasteiger partial charge in [-0.05, 0) is 6.42 Å². The standard InChI is InChI=1S/C10H18O5S/c1-14-9(12)4-3-8(7-11)16-6-5-10(13)15-2/h8,11H,3-7H2,1-2H3. The number of aliphatic hydroxyl groups excluding tert-OH is 1. The van der Waals surface area contributed by atoms with E-state index in [4.69, 9.17) is 5.11 Å². The van der Waals surface area contributed by atoms with Gasteiger partial charge >= 0.3 is 11.9 Å². The Balaban J connectivity index is 3.66. The smallest absolute Gasteiger partial charge is 0.306 e. The second-order valence-electron chi connectivity index (χ2n) is 3.12. The third kappa shape index (κ3) is 7.53. The Labute approximate surface area is 99.5 Å². The van der Waals surface area contributed by atoms with Crippen LogP contribution in [0, 0.1) is 0 Å². The lowest BCUT2D eigenvalue weighted by atomic mass is 10.2. The third-order valence-electron chi connectivity index (χ3n) is 1.99. The molecule has 1 unspecified atom stereocenters. The summed E-state index contributed by atoms with van der Waals surface area (Å²) in [5.74, 6) is 0.0307. The highest BCUT2D eigenvalue weighted by Gasteiger charge is 2.12. The Morgan fingerprint density at radius 3 is 2.25 bits per heavy atom. The first-order valence-electron chi connectivity index (χ1n) is 5.00. The maximum absolute atomic E-state index is 10.9. The molecule has 16 heavy (non-hydrogen) atoms. The summed E-state index contributed by atoms with van der Waals surface area (Å²) in [5.41, 5.74) is 0. The van der Waals surface area contributed by atoms with Crippen LogP contribution in [0.1, 0.15) is 19.3 Å². The van der Waals surface area contributed by atoms with Crippen molar-refractivity contribution in [2.24, 2.45) is 0 Å². The molecule has 0 aromatic carbocycles. The summed E-state index contributed by atoms with van der Waals surface area (Å²) >= 11 is 1.46. The van der Waals surface area contributed by atoms with Crippen molar-refractivity contribution in [3.05, 3.63) is 0 Å². The van der Waals surface area contributed by atoms with E-state index in [0.29, 0.717) is 18.6 Å². The lowest BCUT2D eigenvalue weighted by Gasteiger charge is -2.12. The van der Waals surface area contributed by atoms with Gasteiger partial charge in [-0.2, -0.15) is 11.8 Å². The Morgan fingerprint density at radius 2 is 1.75 bits per heavy atom. The summed E-state index contributed by atoms with van der Waals surface area (Å²) < 4.78 is 8.99. The molecule has 5 nitrogen and oxygen atoms in total. The topological polar surface area (TPSA) is 72.8 Å². The van der Waals surface area contributed by atoms with E-state index in [2.05, 4.69) is 9.47 Å². The summed E-state index contributed by atoms with van der Waals surface area (Å²) in [4.78, 5) is 21.7. The van der Waals surface area contributed by atoms with Crippen molar-refractivity contribution in [2.75, 3.05) is 26.6 Å². The van der Waals surface area contributed by atoms with Gasteiger partial charge in [0, 0.05) is 17.4 Å². The van der Waals surface area contributed by atoms with Crippen molar-refractivity contribution in [1.82, 2.24) is 0 Å². The fourth-order valence-corrected chi connectivity index (χ4v) is 2.03. The Hall–Kier alpha value is -0.750. The van der Waals surface area contributed by atoms with Gasteiger partial charge in [0.1, 0.15) is 0 Å². The van der Waals surface area contributed by atoms with Gasteiger partial charge < -0.3 is 14.6 Å². The number of hydrogen-bond acceptors (Lipinski definition) is 6. The van der Waals surface area contributed by atoms with Crippen LogP contribution >= 0.6 is 11.8 Å².